The van der Waals surface area contributed by atoms with Gasteiger partial charge >= 0.3 is 0 Å². The Labute approximate surface area is 126 Å². The smallest absolute Gasteiger partial charge is 0.00250 e. The van der Waals surface area contributed by atoms with E-state index in [1.54, 1.807) is 0 Å². The fourth-order valence-electron chi connectivity index (χ4n) is 2.79. The van der Waals surface area contributed by atoms with E-state index >= 15 is 0 Å². The molecule has 0 fully saturated rings. The van der Waals surface area contributed by atoms with E-state index in [2.05, 4.69) is 71.1 Å². The van der Waals surface area contributed by atoms with Gasteiger partial charge in [-0.15, -0.1) is 0 Å². The van der Waals surface area contributed by atoms with Crippen molar-refractivity contribution in [1.29, 1.82) is 0 Å². The average molecular weight is 275 g/mol. The van der Waals surface area contributed by atoms with E-state index in [0.717, 1.165) is 12.5 Å². The molecule has 114 valence electrons. The lowest BCUT2D eigenvalue weighted by Gasteiger charge is -2.26. The largest absolute Gasteiger partial charge is 0.314 e. The van der Waals surface area contributed by atoms with E-state index in [1.807, 2.05) is 0 Å². The number of hydrogen-bond donors (Lipinski definition) is 1. The summed E-state index contributed by atoms with van der Waals surface area (Å²) >= 11 is 0. The van der Waals surface area contributed by atoms with Gasteiger partial charge in [0.25, 0.3) is 0 Å². The lowest BCUT2D eigenvalue weighted by Crippen LogP contribution is -2.30. The molecule has 1 N–H and O–H groups in total. The molecule has 0 heterocycles. The fraction of sp³-hybridized carbons (Fsp3) is 0.684. The lowest BCUT2D eigenvalue weighted by atomic mass is 9.83. The summed E-state index contributed by atoms with van der Waals surface area (Å²) in [4.78, 5) is 0. The molecule has 0 amide bonds. The predicted octanol–water partition coefficient (Wildman–Crippen LogP) is 5.33. The Hall–Kier alpha value is -0.820. The van der Waals surface area contributed by atoms with Crippen LogP contribution in [0.3, 0.4) is 0 Å². The maximum Gasteiger partial charge on any atom is 0.00250 e. The number of hydrogen-bond acceptors (Lipinski definition) is 1. The molecule has 0 radical (unpaired) electrons. The highest BCUT2D eigenvalue weighted by Gasteiger charge is 2.19. The van der Waals surface area contributed by atoms with Gasteiger partial charge in [-0.2, -0.15) is 0 Å². The minimum atomic E-state index is 0.557. The Morgan fingerprint density at radius 2 is 1.45 bits per heavy atom. The molecule has 0 aliphatic carbocycles. The molecule has 0 aromatic heterocycles. The summed E-state index contributed by atoms with van der Waals surface area (Å²) in [6.07, 6.45) is 2.57. The van der Waals surface area contributed by atoms with Crippen LogP contribution in [-0.4, -0.2) is 12.6 Å². The van der Waals surface area contributed by atoms with Crippen LogP contribution in [0.1, 0.15) is 77.3 Å². The van der Waals surface area contributed by atoms with E-state index in [-0.39, 0.29) is 0 Å². The van der Waals surface area contributed by atoms with Crippen molar-refractivity contribution in [2.45, 2.75) is 72.3 Å². The standard InChI is InChI=1S/C19H33N/c1-7-8-16(6)19(13-20-15(4)5)18-11-9-17(10-12-18)14(2)3/h9-12,14-16,19-20H,7-8,13H2,1-6H3. The van der Waals surface area contributed by atoms with Gasteiger partial charge in [-0.1, -0.05) is 78.6 Å². The third-order valence-corrected chi connectivity index (χ3v) is 4.21. The van der Waals surface area contributed by atoms with Gasteiger partial charge in [-0.3, -0.25) is 0 Å². The number of nitrogens with one attached hydrogen (secondary N) is 1. The first-order valence-electron chi connectivity index (χ1n) is 8.28. The van der Waals surface area contributed by atoms with Crippen LogP contribution in [0.25, 0.3) is 0 Å². The maximum absolute atomic E-state index is 3.62. The van der Waals surface area contributed by atoms with Crippen molar-refractivity contribution in [2.75, 3.05) is 6.54 Å². The van der Waals surface area contributed by atoms with Crippen molar-refractivity contribution in [1.82, 2.24) is 5.32 Å². The minimum absolute atomic E-state index is 0.557. The van der Waals surface area contributed by atoms with Crippen LogP contribution < -0.4 is 5.32 Å². The van der Waals surface area contributed by atoms with Crippen LogP contribution >= 0.6 is 0 Å². The molecule has 2 atom stereocenters. The zero-order valence-corrected chi connectivity index (χ0v) is 14.2. The van der Waals surface area contributed by atoms with E-state index in [4.69, 9.17) is 0 Å². The van der Waals surface area contributed by atoms with Crippen LogP contribution in [0, 0.1) is 5.92 Å². The topological polar surface area (TPSA) is 12.0 Å². The normalized spacial score (nSPS) is 14.8. The van der Waals surface area contributed by atoms with Crippen LogP contribution in [0.2, 0.25) is 0 Å². The van der Waals surface area contributed by atoms with Gasteiger partial charge in [0, 0.05) is 12.6 Å². The summed E-state index contributed by atoms with van der Waals surface area (Å²) in [5.74, 6) is 1.97. The summed E-state index contributed by atoms with van der Waals surface area (Å²) in [5, 5.41) is 3.62. The van der Waals surface area contributed by atoms with E-state index in [1.165, 1.54) is 24.0 Å². The molecule has 1 rings (SSSR count). The third kappa shape index (κ3) is 5.28. The van der Waals surface area contributed by atoms with Crippen molar-refractivity contribution in [3.63, 3.8) is 0 Å². The first-order chi connectivity index (χ1) is 9.45. The third-order valence-electron chi connectivity index (χ3n) is 4.21. The Kier molecular flexibility index (Phi) is 7.29. The summed E-state index contributed by atoms with van der Waals surface area (Å²) in [5.41, 5.74) is 2.93. The number of rotatable bonds is 8. The molecule has 0 aliphatic rings. The van der Waals surface area contributed by atoms with Crippen LogP contribution in [-0.2, 0) is 0 Å². The van der Waals surface area contributed by atoms with Gasteiger partial charge in [0.1, 0.15) is 0 Å². The van der Waals surface area contributed by atoms with Gasteiger partial charge in [-0.05, 0) is 28.9 Å². The molecule has 0 bridgehead atoms. The van der Waals surface area contributed by atoms with Crippen molar-refractivity contribution >= 4 is 0 Å². The Morgan fingerprint density at radius 1 is 0.900 bits per heavy atom. The summed E-state index contributed by atoms with van der Waals surface area (Å²) in [7, 11) is 0. The van der Waals surface area contributed by atoms with Crippen molar-refractivity contribution in [3.8, 4) is 0 Å². The van der Waals surface area contributed by atoms with Gasteiger partial charge in [-0.25, -0.2) is 0 Å². The molecule has 0 saturated heterocycles. The summed E-state index contributed by atoms with van der Waals surface area (Å²) in [6, 6.07) is 9.85. The van der Waals surface area contributed by atoms with E-state index in [9.17, 15) is 0 Å². The van der Waals surface area contributed by atoms with Gasteiger partial charge in [0.2, 0.25) is 0 Å². The highest BCUT2D eigenvalue weighted by Crippen LogP contribution is 2.28. The highest BCUT2D eigenvalue weighted by molar-refractivity contribution is 5.27. The van der Waals surface area contributed by atoms with Crippen LogP contribution in [0.5, 0.6) is 0 Å². The Bertz CT molecular complexity index is 364. The molecular weight excluding hydrogens is 242 g/mol. The molecule has 1 heteroatoms. The zero-order valence-electron chi connectivity index (χ0n) is 14.2. The number of benzene rings is 1. The molecule has 1 aromatic rings. The second-order valence-corrected chi connectivity index (χ2v) is 6.76. The van der Waals surface area contributed by atoms with Gasteiger partial charge in [0.15, 0.2) is 0 Å². The Balaban J connectivity index is 2.85. The Morgan fingerprint density at radius 3 is 1.90 bits per heavy atom. The highest BCUT2D eigenvalue weighted by atomic mass is 14.9. The van der Waals surface area contributed by atoms with Crippen molar-refractivity contribution in [2.24, 2.45) is 5.92 Å². The SMILES string of the molecule is CCCC(C)C(CNC(C)C)c1ccc(C(C)C)cc1. The fourth-order valence-corrected chi connectivity index (χ4v) is 2.79. The molecule has 20 heavy (non-hydrogen) atoms. The first kappa shape index (κ1) is 17.2. The van der Waals surface area contributed by atoms with Gasteiger partial charge in [0.05, 0.1) is 0 Å². The molecule has 2 unspecified atom stereocenters. The zero-order chi connectivity index (χ0) is 15.1. The molecule has 1 nitrogen and oxygen atoms in total. The summed E-state index contributed by atoms with van der Waals surface area (Å²) < 4.78 is 0. The first-order valence-corrected chi connectivity index (χ1v) is 8.28. The lowest BCUT2D eigenvalue weighted by molar-refractivity contribution is 0.392. The van der Waals surface area contributed by atoms with E-state index < -0.39 is 0 Å². The predicted molar refractivity (Wildman–Crippen MR) is 90.5 cm³/mol. The molecular formula is C19H33N. The second kappa shape index (κ2) is 8.46. The van der Waals surface area contributed by atoms with Crippen LogP contribution in [0.4, 0.5) is 0 Å². The quantitative estimate of drug-likeness (QED) is 0.676. The average Bonchev–Trinajstić information content (AvgIpc) is 2.39. The van der Waals surface area contributed by atoms with Crippen molar-refractivity contribution < 1.29 is 0 Å². The second-order valence-electron chi connectivity index (χ2n) is 6.76. The molecule has 1 aromatic carbocycles. The van der Waals surface area contributed by atoms with Crippen LogP contribution in [0.15, 0.2) is 24.3 Å². The monoisotopic (exact) mass is 275 g/mol. The maximum atomic E-state index is 3.62. The minimum Gasteiger partial charge on any atom is -0.314 e. The molecule has 0 saturated carbocycles. The molecule has 0 spiro atoms. The van der Waals surface area contributed by atoms with Gasteiger partial charge < -0.3 is 5.32 Å². The summed E-state index contributed by atoms with van der Waals surface area (Å²) in [6.45, 7) is 14.7. The van der Waals surface area contributed by atoms with E-state index in [0.29, 0.717) is 17.9 Å². The molecule has 0 aliphatic heterocycles. The van der Waals surface area contributed by atoms with Crippen molar-refractivity contribution in [3.05, 3.63) is 35.4 Å².